The van der Waals surface area contributed by atoms with E-state index in [-0.39, 0.29) is 5.56 Å². The third kappa shape index (κ3) is 1.76. The maximum atomic E-state index is 12.2. The smallest absolute Gasteiger partial charge is 0.314 e. The number of nitro groups is 1. The average molecular weight is 203 g/mol. The Morgan fingerprint density at radius 3 is 2.57 bits per heavy atom. The minimum absolute atomic E-state index is 0.0813. The van der Waals surface area contributed by atoms with E-state index < -0.39 is 28.5 Å². The summed E-state index contributed by atoms with van der Waals surface area (Å²) in [6, 6.07) is 0.958. The SMILES string of the molecule is Cc1cc(C(F)F)nc(N)c1[N+](=O)[O-]. The zero-order valence-electron chi connectivity index (χ0n) is 7.20. The molecule has 0 spiro atoms. The van der Waals surface area contributed by atoms with E-state index in [0.29, 0.717) is 0 Å². The monoisotopic (exact) mass is 203 g/mol. The molecule has 0 aliphatic carbocycles. The summed E-state index contributed by atoms with van der Waals surface area (Å²) >= 11 is 0. The van der Waals surface area contributed by atoms with Gasteiger partial charge >= 0.3 is 5.69 Å². The minimum Gasteiger partial charge on any atom is -0.378 e. The molecular weight excluding hydrogens is 196 g/mol. The van der Waals surface area contributed by atoms with Crippen LogP contribution >= 0.6 is 0 Å². The van der Waals surface area contributed by atoms with E-state index in [9.17, 15) is 18.9 Å². The summed E-state index contributed by atoms with van der Waals surface area (Å²) in [4.78, 5) is 12.9. The largest absolute Gasteiger partial charge is 0.378 e. The van der Waals surface area contributed by atoms with E-state index in [2.05, 4.69) is 4.98 Å². The van der Waals surface area contributed by atoms with Gasteiger partial charge in [-0.05, 0) is 13.0 Å². The van der Waals surface area contributed by atoms with Crippen LogP contribution in [0.2, 0.25) is 0 Å². The second-order valence-corrected chi connectivity index (χ2v) is 2.66. The highest BCUT2D eigenvalue weighted by Gasteiger charge is 2.20. The lowest BCUT2D eigenvalue weighted by atomic mass is 10.2. The Labute approximate surface area is 77.7 Å². The number of halogens is 2. The zero-order valence-corrected chi connectivity index (χ0v) is 7.20. The molecule has 0 aromatic carbocycles. The molecule has 7 heteroatoms. The summed E-state index contributed by atoms with van der Waals surface area (Å²) in [6.45, 7) is 1.34. The lowest BCUT2D eigenvalue weighted by molar-refractivity contribution is -0.384. The number of hydrogen-bond acceptors (Lipinski definition) is 4. The van der Waals surface area contributed by atoms with E-state index in [1.54, 1.807) is 0 Å². The Kier molecular flexibility index (Phi) is 2.59. The Bertz CT molecular complexity index is 358. The highest BCUT2D eigenvalue weighted by Crippen LogP contribution is 2.28. The summed E-state index contributed by atoms with van der Waals surface area (Å²) in [5, 5.41) is 10.4. The second kappa shape index (κ2) is 3.52. The van der Waals surface area contributed by atoms with Crippen LogP contribution in [0.5, 0.6) is 0 Å². The lowest BCUT2D eigenvalue weighted by Crippen LogP contribution is -2.04. The van der Waals surface area contributed by atoms with Crippen LogP contribution in [0.3, 0.4) is 0 Å². The van der Waals surface area contributed by atoms with Gasteiger partial charge in [-0.2, -0.15) is 0 Å². The zero-order chi connectivity index (χ0) is 10.9. The molecule has 2 N–H and O–H groups in total. The van der Waals surface area contributed by atoms with E-state index >= 15 is 0 Å². The normalized spacial score (nSPS) is 10.6. The fraction of sp³-hybridized carbons (Fsp3) is 0.286. The quantitative estimate of drug-likeness (QED) is 0.587. The number of aryl methyl sites for hydroxylation is 1. The Hall–Kier alpha value is -1.79. The van der Waals surface area contributed by atoms with Crippen molar-refractivity contribution < 1.29 is 13.7 Å². The number of pyridine rings is 1. The van der Waals surface area contributed by atoms with Gasteiger partial charge in [-0.15, -0.1) is 0 Å². The molecule has 0 bridgehead atoms. The topological polar surface area (TPSA) is 82.0 Å². The van der Waals surface area contributed by atoms with Gasteiger partial charge in [0.05, 0.1) is 4.92 Å². The summed E-state index contributed by atoms with van der Waals surface area (Å²) < 4.78 is 24.3. The first-order valence-electron chi connectivity index (χ1n) is 3.63. The first kappa shape index (κ1) is 10.3. The average Bonchev–Trinajstić information content (AvgIpc) is 2.01. The fourth-order valence-corrected chi connectivity index (χ4v) is 1.07. The molecule has 5 nitrogen and oxygen atoms in total. The molecule has 1 heterocycles. The van der Waals surface area contributed by atoms with Crippen molar-refractivity contribution in [2.75, 3.05) is 5.73 Å². The van der Waals surface area contributed by atoms with Crippen LogP contribution in [0.1, 0.15) is 17.7 Å². The summed E-state index contributed by atoms with van der Waals surface area (Å²) in [7, 11) is 0. The minimum atomic E-state index is -2.78. The summed E-state index contributed by atoms with van der Waals surface area (Å²) in [5.41, 5.74) is 4.28. The maximum absolute atomic E-state index is 12.2. The number of nitrogens with two attached hydrogens (primary N) is 1. The van der Waals surface area contributed by atoms with Crippen molar-refractivity contribution in [3.8, 4) is 0 Å². The molecule has 0 amide bonds. The van der Waals surface area contributed by atoms with Gasteiger partial charge < -0.3 is 5.73 Å². The molecule has 1 rings (SSSR count). The Morgan fingerprint density at radius 2 is 2.21 bits per heavy atom. The van der Waals surface area contributed by atoms with Crippen molar-refractivity contribution in [3.63, 3.8) is 0 Å². The van der Waals surface area contributed by atoms with Crippen LogP contribution in [0.15, 0.2) is 6.07 Å². The van der Waals surface area contributed by atoms with Crippen LogP contribution in [0.4, 0.5) is 20.3 Å². The molecular formula is C7H7F2N3O2. The molecule has 1 aromatic heterocycles. The van der Waals surface area contributed by atoms with Gasteiger partial charge in [-0.25, -0.2) is 13.8 Å². The number of alkyl halides is 2. The molecule has 76 valence electrons. The van der Waals surface area contributed by atoms with E-state index in [1.807, 2.05) is 0 Å². The maximum Gasteiger partial charge on any atom is 0.314 e. The van der Waals surface area contributed by atoms with Gasteiger partial charge in [0.2, 0.25) is 5.82 Å². The van der Waals surface area contributed by atoms with Gasteiger partial charge in [0.25, 0.3) is 6.43 Å². The van der Waals surface area contributed by atoms with Crippen molar-refractivity contribution in [1.82, 2.24) is 4.98 Å². The number of rotatable bonds is 2. The van der Waals surface area contributed by atoms with Crippen molar-refractivity contribution in [2.24, 2.45) is 0 Å². The van der Waals surface area contributed by atoms with E-state index in [1.165, 1.54) is 6.92 Å². The predicted octanol–water partition coefficient (Wildman–Crippen LogP) is 1.82. The van der Waals surface area contributed by atoms with E-state index in [0.717, 1.165) is 6.07 Å². The molecule has 0 atom stereocenters. The fourth-order valence-electron chi connectivity index (χ4n) is 1.07. The Balaban J connectivity index is 3.32. The number of nitrogens with zero attached hydrogens (tertiary/aromatic N) is 2. The van der Waals surface area contributed by atoms with Gasteiger partial charge in [0.15, 0.2) is 0 Å². The van der Waals surface area contributed by atoms with Crippen molar-refractivity contribution >= 4 is 11.5 Å². The van der Waals surface area contributed by atoms with E-state index in [4.69, 9.17) is 5.73 Å². The number of aromatic nitrogens is 1. The van der Waals surface area contributed by atoms with Crippen LogP contribution in [0, 0.1) is 17.0 Å². The first-order chi connectivity index (χ1) is 6.43. The third-order valence-corrected chi connectivity index (χ3v) is 1.64. The van der Waals surface area contributed by atoms with Crippen LogP contribution < -0.4 is 5.73 Å². The van der Waals surface area contributed by atoms with Gasteiger partial charge in [0.1, 0.15) is 5.69 Å². The second-order valence-electron chi connectivity index (χ2n) is 2.66. The third-order valence-electron chi connectivity index (χ3n) is 1.64. The molecule has 0 radical (unpaired) electrons. The molecule has 0 unspecified atom stereocenters. The van der Waals surface area contributed by atoms with Crippen LogP contribution in [-0.4, -0.2) is 9.91 Å². The predicted molar refractivity (Wildman–Crippen MR) is 45.0 cm³/mol. The van der Waals surface area contributed by atoms with Gasteiger partial charge in [-0.3, -0.25) is 10.1 Å². The highest BCUT2D eigenvalue weighted by molar-refractivity contribution is 5.57. The first-order valence-corrected chi connectivity index (χ1v) is 3.63. The lowest BCUT2D eigenvalue weighted by Gasteiger charge is -2.03. The van der Waals surface area contributed by atoms with Crippen LogP contribution in [0.25, 0.3) is 0 Å². The number of nitrogen functional groups attached to an aromatic ring is 1. The molecule has 0 aliphatic rings. The van der Waals surface area contributed by atoms with Crippen molar-refractivity contribution in [1.29, 1.82) is 0 Å². The summed E-state index contributed by atoms with van der Waals surface area (Å²) in [6.07, 6.45) is -2.78. The molecule has 0 saturated carbocycles. The van der Waals surface area contributed by atoms with Gasteiger partial charge in [-0.1, -0.05) is 0 Å². The number of anilines is 1. The van der Waals surface area contributed by atoms with Crippen LogP contribution in [-0.2, 0) is 0 Å². The molecule has 1 aromatic rings. The van der Waals surface area contributed by atoms with Gasteiger partial charge in [0, 0.05) is 5.56 Å². The van der Waals surface area contributed by atoms with Crippen molar-refractivity contribution in [2.45, 2.75) is 13.3 Å². The standard InChI is InChI=1S/C7H7F2N3O2/c1-3-2-4(6(8)9)11-7(10)5(3)12(13)14/h2,6H,1H3,(H2,10,11). The summed E-state index contributed by atoms with van der Waals surface area (Å²) in [5.74, 6) is -0.481. The highest BCUT2D eigenvalue weighted by atomic mass is 19.3. The molecule has 0 fully saturated rings. The molecule has 0 saturated heterocycles. The molecule has 14 heavy (non-hydrogen) atoms. The number of hydrogen-bond donors (Lipinski definition) is 1. The van der Waals surface area contributed by atoms with Crippen molar-refractivity contribution in [3.05, 3.63) is 27.4 Å². The molecule has 0 aliphatic heterocycles. The Morgan fingerprint density at radius 1 is 1.64 bits per heavy atom.